The molecule has 1 aromatic heterocycles. The Hall–Kier alpha value is -1.36. The number of amides is 1. The van der Waals surface area contributed by atoms with Crippen LogP contribution in [0.4, 0.5) is 0 Å². The van der Waals surface area contributed by atoms with Gasteiger partial charge in [0.2, 0.25) is 0 Å². The summed E-state index contributed by atoms with van der Waals surface area (Å²) in [6, 6.07) is 1.95. The second-order valence-electron chi connectivity index (χ2n) is 4.94. The topological polar surface area (TPSA) is 46.6 Å². The molecule has 0 N–H and O–H groups in total. The molecular weight excluding hydrogens is 262 g/mol. The van der Waals surface area contributed by atoms with Gasteiger partial charge in [-0.3, -0.25) is 9.59 Å². The highest BCUT2D eigenvalue weighted by Gasteiger charge is 2.28. The van der Waals surface area contributed by atoms with E-state index in [9.17, 15) is 9.59 Å². The van der Waals surface area contributed by atoms with Crippen LogP contribution in [0.2, 0.25) is 0 Å². The third-order valence-electron chi connectivity index (χ3n) is 3.69. The summed E-state index contributed by atoms with van der Waals surface area (Å²) in [6.07, 6.45) is 1.39. The zero-order valence-electron chi connectivity index (χ0n) is 11.6. The number of esters is 1. The molecule has 2 heterocycles. The van der Waals surface area contributed by atoms with E-state index in [-0.39, 0.29) is 17.8 Å². The van der Waals surface area contributed by atoms with Crippen LogP contribution in [-0.4, -0.2) is 37.0 Å². The highest BCUT2D eigenvalue weighted by atomic mass is 32.1. The fourth-order valence-corrected chi connectivity index (χ4v) is 3.32. The Kier molecular flexibility index (Phi) is 4.24. The largest absolute Gasteiger partial charge is 0.469 e. The van der Waals surface area contributed by atoms with E-state index in [0.29, 0.717) is 25.9 Å². The lowest BCUT2D eigenvalue weighted by Crippen LogP contribution is -2.40. The van der Waals surface area contributed by atoms with Crippen molar-refractivity contribution in [3.8, 4) is 0 Å². The predicted octanol–water partition coefficient (Wildman–Crippen LogP) is 2.39. The van der Waals surface area contributed by atoms with Crippen molar-refractivity contribution in [3.63, 3.8) is 0 Å². The summed E-state index contributed by atoms with van der Waals surface area (Å²) in [6.45, 7) is 5.32. The van der Waals surface area contributed by atoms with Crippen LogP contribution in [0.3, 0.4) is 0 Å². The van der Waals surface area contributed by atoms with E-state index >= 15 is 0 Å². The minimum absolute atomic E-state index is 0.0548. The van der Waals surface area contributed by atoms with Gasteiger partial charge < -0.3 is 9.64 Å². The van der Waals surface area contributed by atoms with Crippen LogP contribution in [0, 0.1) is 19.8 Å². The van der Waals surface area contributed by atoms with Crippen LogP contribution in [-0.2, 0) is 9.53 Å². The lowest BCUT2D eigenvalue weighted by Gasteiger charge is -2.30. The molecule has 0 unspecified atom stereocenters. The average molecular weight is 281 g/mol. The molecule has 1 aromatic rings. The molecule has 1 amide bonds. The number of carbonyl (C=O) groups excluding carboxylic acids is 2. The molecule has 5 heteroatoms. The maximum Gasteiger partial charge on any atom is 0.308 e. The lowest BCUT2D eigenvalue weighted by molar-refractivity contribution is -0.146. The average Bonchev–Trinajstić information content (AvgIpc) is 2.77. The minimum Gasteiger partial charge on any atom is -0.469 e. The standard InChI is InChI=1S/C14H19NO3S/c1-9-8-12(19-10(9)2)13(16)15-6-4-11(5-7-15)14(17)18-3/h8,11H,4-7H2,1-3H3. The number of likely N-dealkylation sites (tertiary alicyclic amines) is 1. The second-order valence-corrected chi connectivity index (χ2v) is 6.20. The Morgan fingerprint density at radius 3 is 2.42 bits per heavy atom. The zero-order chi connectivity index (χ0) is 14.0. The monoisotopic (exact) mass is 281 g/mol. The summed E-state index contributed by atoms with van der Waals surface area (Å²) >= 11 is 1.54. The molecule has 1 fully saturated rings. The van der Waals surface area contributed by atoms with E-state index in [4.69, 9.17) is 4.74 Å². The first-order valence-corrected chi connectivity index (χ1v) is 7.28. The summed E-state index contributed by atoms with van der Waals surface area (Å²) in [5.74, 6) is -0.125. The minimum atomic E-state index is -0.157. The molecule has 0 bridgehead atoms. The van der Waals surface area contributed by atoms with Crippen molar-refractivity contribution < 1.29 is 14.3 Å². The fourth-order valence-electron chi connectivity index (χ4n) is 2.32. The van der Waals surface area contributed by atoms with Crippen LogP contribution in [0.25, 0.3) is 0 Å². The van der Waals surface area contributed by atoms with Crippen LogP contribution in [0.15, 0.2) is 6.07 Å². The number of ether oxygens (including phenoxy) is 1. The highest BCUT2D eigenvalue weighted by Crippen LogP contribution is 2.25. The molecule has 0 aliphatic carbocycles. The number of methoxy groups -OCH3 is 1. The van der Waals surface area contributed by atoms with Gasteiger partial charge in [-0.25, -0.2) is 0 Å². The molecule has 19 heavy (non-hydrogen) atoms. The van der Waals surface area contributed by atoms with Crippen LogP contribution >= 0.6 is 11.3 Å². The SMILES string of the molecule is COC(=O)C1CCN(C(=O)c2cc(C)c(C)s2)CC1. The summed E-state index contributed by atoms with van der Waals surface area (Å²) in [5, 5.41) is 0. The van der Waals surface area contributed by atoms with Crippen LogP contribution < -0.4 is 0 Å². The van der Waals surface area contributed by atoms with Gasteiger partial charge in [-0.2, -0.15) is 0 Å². The number of thiophene rings is 1. The zero-order valence-corrected chi connectivity index (χ0v) is 12.4. The van der Waals surface area contributed by atoms with E-state index in [0.717, 1.165) is 10.4 Å². The van der Waals surface area contributed by atoms with Crippen molar-refractivity contribution in [3.05, 3.63) is 21.4 Å². The fraction of sp³-hybridized carbons (Fsp3) is 0.571. The molecule has 1 aliphatic rings. The number of aryl methyl sites for hydroxylation is 2. The third-order valence-corrected chi connectivity index (χ3v) is 4.83. The van der Waals surface area contributed by atoms with Crippen molar-refractivity contribution in [2.45, 2.75) is 26.7 Å². The van der Waals surface area contributed by atoms with Gasteiger partial charge in [-0.05, 0) is 38.3 Å². The molecule has 0 atom stereocenters. The third kappa shape index (κ3) is 2.97. The molecule has 0 saturated carbocycles. The van der Waals surface area contributed by atoms with Gasteiger partial charge in [-0.1, -0.05) is 0 Å². The van der Waals surface area contributed by atoms with E-state index in [1.54, 1.807) is 11.3 Å². The number of carbonyl (C=O) groups is 2. The van der Waals surface area contributed by atoms with Gasteiger partial charge in [0, 0.05) is 18.0 Å². The molecule has 0 spiro atoms. The predicted molar refractivity (Wildman–Crippen MR) is 74.4 cm³/mol. The van der Waals surface area contributed by atoms with Crippen LogP contribution in [0.1, 0.15) is 33.0 Å². The van der Waals surface area contributed by atoms with E-state index in [1.807, 2.05) is 24.8 Å². The number of rotatable bonds is 2. The molecule has 1 aliphatic heterocycles. The van der Waals surface area contributed by atoms with Crippen LogP contribution in [0.5, 0.6) is 0 Å². The van der Waals surface area contributed by atoms with Gasteiger partial charge in [0.15, 0.2) is 0 Å². The summed E-state index contributed by atoms with van der Waals surface area (Å²) in [5.41, 5.74) is 1.16. The van der Waals surface area contributed by atoms with Crippen molar-refractivity contribution in [2.75, 3.05) is 20.2 Å². The highest BCUT2D eigenvalue weighted by molar-refractivity contribution is 7.14. The maximum atomic E-state index is 12.3. The van der Waals surface area contributed by atoms with Gasteiger partial charge in [-0.15, -0.1) is 11.3 Å². The Labute approximate surface area is 117 Å². The lowest BCUT2D eigenvalue weighted by atomic mass is 9.97. The summed E-state index contributed by atoms with van der Waals surface area (Å²) in [7, 11) is 1.41. The number of hydrogen-bond donors (Lipinski definition) is 0. The molecule has 104 valence electrons. The molecule has 2 rings (SSSR count). The Morgan fingerprint density at radius 2 is 1.95 bits per heavy atom. The Morgan fingerprint density at radius 1 is 1.32 bits per heavy atom. The first kappa shape index (κ1) is 14.1. The Bertz CT molecular complexity index is 467. The van der Waals surface area contributed by atoms with Gasteiger partial charge >= 0.3 is 5.97 Å². The van der Waals surface area contributed by atoms with E-state index in [1.165, 1.54) is 12.0 Å². The van der Waals surface area contributed by atoms with Crippen molar-refractivity contribution in [1.82, 2.24) is 4.90 Å². The van der Waals surface area contributed by atoms with Gasteiger partial charge in [0.25, 0.3) is 5.91 Å². The maximum absolute atomic E-state index is 12.3. The van der Waals surface area contributed by atoms with Crippen molar-refractivity contribution >= 4 is 23.2 Å². The summed E-state index contributed by atoms with van der Waals surface area (Å²) in [4.78, 5) is 27.6. The quantitative estimate of drug-likeness (QED) is 0.782. The summed E-state index contributed by atoms with van der Waals surface area (Å²) < 4.78 is 4.75. The molecular formula is C14H19NO3S. The van der Waals surface area contributed by atoms with E-state index < -0.39 is 0 Å². The van der Waals surface area contributed by atoms with Crippen molar-refractivity contribution in [2.24, 2.45) is 5.92 Å². The normalized spacial score (nSPS) is 16.5. The molecule has 0 aromatic carbocycles. The Balaban J connectivity index is 1.98. The first-order valence-electron chi connectivity index (χ1n) is 6.47. The smallest absolute Gasteiger partial charge is 0.308 e. The molecule has 0 radical (unpaired) electrons. The number of piperidine rings is 1. The molecule has 4 nitrogen and oxygen atoms in total. The van der Waals surface area contributed by atoms with E-state index in [2.05, 4.69) is 0 Å². The number of nitrogens with zero attached hydrogens (tertiary/aromatic N) is 1. The van der Waals surface area contributed by atoms with Gasteiger partial charge in [0.1, 0.15) is 0 Å². The first-order chi connectivity index (χ1) is 9.02. The van der Waals surface area contributed by atoms with Gasteiger partial charge in [0.05, 0.1) is 17.9 Å². The molecule has 1 saturated heterocycles. The second kappa shape index (κ2) is 5.74. The number of hydrogen-bond acceptors (Lipinski definition) is 4. The van der Waals surface area contributed by atoms with Crippen molar-refractivity contribution in [1.29, 1.82) is 0 Å².